The minimum absolute atomic E-state index is 0.115. The number of hydrogen-bond acceptors (Lipinski definition) is 4. The fourth-order valence-corrected chi connectivity index (χ4v) is 1.98. The van der Waals surface area contributed by atoms with E-state index in [1.807, 2.05) is 6.92 Å². The van der Waals surface area contributed by atoms with Gasteiger partial charge in [-0.2, -0.15) is 8.78 Å². The second-order valence-corrected chi connectivity index (χ2v) is 4.69. The van der Waals surface area contributed by atoms with E-state index >= 15 is 0 Å². The Labute approximate surface area is 123 Å². The van der Waals surface area contributed by atoms with Crippen LogP contribution in [0.4, 0.5) is 20.3 Å². The van der Waals surface area contributed by atoms with E-state index in [1.54, 1.807) is 18.2 Å². The molecule has 0 bridgehead atoms. The number of benzene rings is 1. The topological polar surface area (TPSA) is 47.0 Å². The van der Waals surface area contributed by atoms with Gasteiger partial charge in [-0.15, -0.1) is 0 Å². The predicted molar refractivity (Wildman–Crippen MR) is 75.5 cm³/mol. The van der Waals surface area contributed by atoms with Crippen molar-refractivity contribution in [3.63, 3.8) is 0 Å². The van der Waals surface area contributed by atoms with Crippen LogP contribution < -0.4 is 10.1 Å². The zero-order valence-corrected chi connectivity index (χ0v) is 12.2. The van der Waals surface area contributed by atoms with Crippen molar-refractivity contribution in [3.05, 3.63) is 40.8 Å². The Morgan fingerprint density at radius 2 is 1.95 bits per heavy atom. The summed E-state index contributed by atoms with van der Waals surface area (Å²) < 4.78 is 29.0. The van der Waals surface area contributed by atoms with Crippen molar-refractivity contribution in [1.29, 1.82) is 0 Å². The van der Waals surface area contributed by atoms with Gasteiger partial charge in [0.05, 0.1) is 0 Å². The molecule has 7 heteroatoms. The maximum atomic E-state index is 12.0. The Kier molecular flexibility index (Phi) is 4.84. The van der Waals surface area contributed by atoms with E-state index in [1.165, 1.54) is 12.1 Å². The highest BCUT2D eigenvalue weighted by Crippen LogP contribution is 2.21. The molecule has 106 valence electrons. The summed E-state index contributed by atoms with van der Waals surface area (Å²) in [7, 11) is 0. The molecule has 0 aliphatic rings. The molecule has 4 nitrogen and oxygen atoms in total. The van der Waals surface area contributed by atoms with Gasteiger partial charge in [0, 0.05) is 18.2 Å². The molecule has 0 radical (unpaired) electrons. The highest BCUT2D eigenvalue weighted by atomic mass is 79.9. The molecule has 20 heavy (non-hydrogen) atoms. The fraction of sp³-hybridized carbons (Fsp3) is 0.231. The molecular formula is C13H12BrF2N3O. The Balaban J connectivity index is 2.11. The normalized spacial score (nSPS) is 10.7. The summed E-state index contributed by atoms with van der Waals surface area (Å²) in [6.07, 6.45) is 0.718. The van der Waals surface area contributed by atoms with E-state index in [-0.39, 0.29) is 5.75 Å². The lowest BCUT2D eigenvalue weighted by Crippen LogP contribution is -2.02. The number of halogens is 3. The lowest BCUT2D eigenvalue weighted by molar-refractivity contribution is -0.0498. The molecular weight excluding hydrogens is 332 g/mol. The first-order valence-corrected chi connectivity index (χ1v) is 6.71. The molecule has 0 amide bonds. The van der Waals surface area contributed by atoms with E-state index in [9.17, 15) is 8.78 Å². The first-order valence-electron chi connectivity index (χ1n) is 5.92. The van der Waals surface area contributed by atoms with Crippen molar-refractivity contribution in [1.82, 2.24) is 9.97 Å². The number of alkyl halides is 2. The third-order valence-corrected chi connectivity index (χ3v) is 2.82. The van der Waals surface area contributed by atoms with Crippen LogP contribution in [0.5, 0.6) is 5.75 Å². The van der Waals surface area contributed by atoms with Gasteiger partial charge in [-0.05, 0) is 40.2 Å². The van der Waals surface area contributed by atoms with E-state index in [0.717, 1.165) is 12.1 Å². The van der Waals surface area contributed by atoms with Gasteiger partial charge in [0.25, 0.3) is 0 Å². The largest absolute Gasteiger partial charge is 0.435 e. The van der Waals surface area contributed by atoms with E-state index in [4.69, 9.17) is 0 Å². The Bertz CT molecular complexity index is 578. The van der Waals surface area contributed by atoms with Crippen LogP contribution in [-0.4, -0.2) is 16.6 Å². The van der Waals surface area contributed by atoms with Gasteiger partial charge in [0.2, 0.25) is 0 Å². The Morgan fingerprint density at radius 3 is 2.55 bits per heavy atom. The van der Waals surface area contributed by atoms with Crippen molar-refractivity contribution in [2.24, 2.45) is 0 Å². The molecule has 0 aliphatic heterocycles. The van der Waals surface area contributed by atoms with Crippen LogP contribution in [0.25, 0.3) is 0 Å². The number of ether oxygens (including phenoxy) is 1. The number of anilines is 2. The quantitative estimate of drug-likeness (QED) is 0.828. The summed E-state index contributed by atoms with van der Waals surface area (Å²) in [5.74, 6) is 1.45. The van der Waals surface area contributed by atoms with Crippen molar-refractivity contribution < 1.29 is 13.5 Å². The minimum Gasteiger partial charge on any atom is -0.435 e. The Morgan fingerprint density at radius 1 is 1.25 bits per heavy atom. The fourth-order valence-electron chi connectivity index (χ4n) is 1.55. The molecule has 2 aromatic rings. The molecule has 0 fully saturated rings. The van der Waals surface area contributed by atoms with Crippen LogP contribution in [0, 0.1) is 0 Å². The summed E-state index contributed by atoms with van der Waals surface area (Å²) in [6, 6.07) is 7.94. The van der Waals surface area contributed by atoms with Crippen LogP contribution >= 0.6 is 15.9 Å². The molecule has 2 rings (SSSR count). The molecule has 1 N–H and O–H groups in total. The van der Waals surface area contributed by atoms with Crippen LogP contribution in [-0.2, 0) is 6.42 Å². The molecule has 0 aliphatic carbocycles. The van der Waals surface area contributed by atoms with Crippen molar-refractivity contribution in [2.75, 3.05) is 5.32 Å². The summed E-state index contributed by atoms with van der Waals surface area (Å²) in [5.41, 5.74) is 0.722. The maximum absolute atomic E-state index is 12.0. The number of nitrogens with one attached hydrogen (secondary N) is 1. The smallest absolute Gasteiger partial charge is 0.387 e. The summed E-state index contributed by atoms with van der Waals surface area (Å²) in [4.78, 5) is 8.52. The van der Waals surface area contributed by atoms with Gasteiger partial charge in [-0.1, -0.05) is 6.92 Å². The number of rotatable bonds is 5. The van der Waals surface area contributed by atoms with Crippen molar-refractivity contribution in [3.8, 4) is 5.75 Å². The second kappa shape index (κ2) is 6.60. The molecule has 1 heterocycles. The monoisotopic (exact) mass is 343 g/mol. The maximum Gasteiger partial charge on any atom is 0.387 e. The average Bonchev–Trinajstić information content (AvgIpc) is 2.39. The minimum atomic E-state index is -2.82. The molecule has 0 saturated carbocycles. The first kappa shape index (κ1) is 14.6. The summed E-state index contributed by atoms with van der Waals surface area (Å²) >= 11 is 3.31. The van der Waals surface area contributed by atoms with Gasteiger partial charge in [-0.25, -0.2) is 9.97 Å². The number of aryl methyl sites for hydroxylation is 1. The zero-order valence-electron chi connectivity index (χ0n) is 10.6. The van der Waals surface area contributed by atoms with Crippen molar-refractivity contribution in [2.45, 2.75) is 20.0 Å². The van der Waals surface area contributed by atoms with Gasteiger partial charge in [0.15, 0.2) is 0 Å². The highest BCUT2D eigenvalue weighted by Gasteiger charge is 2.05. The average molecular weight is 344 g/mol. The number of hydrogen-bond donors (Lipinski definition) is 1. The lowest BCUT2D eigenvalue weighted by atomic mass is 10.3. The van der Waals surface area contributed by atoms with Gasteiger partial charge in [0.1, 0.15) is 22.0 Å². The van der Waals surface area contributed by atoms with Crippen LogP contribution in [0.1, 0.15) is 12.7 Å². The molecule has 1 aromatic heterocycles. The van der Waals surface area contributed by atoms with Crippen LogP contribution in [0.2, 0.25) is 0 Å². The van der Waals surface area contributed by atoms with Crippen LogP contribution in [0.15, 0.2) is 34.9 Å². The van der Waals surface area contributed by atoms with Crippen LogP contribution in [0.3, 0.4) is 0 Å². The predicted octanol–water partition coefficient (Wildman–Crippen LogP) is 4.15. The van der Waals surface area contributed by atoms with Gasteiger partial charge in [-0.3, -0.25) is 0 Å². The van der Waals surface area contributed by atoms with E-state index < -0.39 is 6.61 Å². The summed E-state index contributed by atoms with van der Waals surface area (Å²) in [5, 5.41) is 3.08. The Hall–Kier alpha value is -1.76. The van der Waals surface area contributed by atoms with E-state index in [2.05, 4.69) is 36.0 Å². The summed E-state index contributed by atoms with van der Waals surface area (Å²) in [6.45, 7) is -0.860. The van der Waals surface area contributed by atoms with Gasteiger partial charge >= 0.3 is 6.61 Å². The highest BCUT2D eigenvalue weighted by molar-refractivity contribution is 9.10. The van der Waals surface area contributed by atoms with Gasteiger partial charge < -0.3 is 10.1 Å². The molecule has 1 aromatic carbocycles. The molecule has 0 atom stereocenters. The SMILES string of the molecule is CCc1nc(Br)cc(Nc2ccc(OC(F)F)cc2)n1. The number of aromatic nitrogens is 2. The second-order valence-electron chi connectivity index (χ2n) is 3.87. The first-order chi connectivity index (χ1) is 9.56. The molecule has 0 unspecified atom stereocenters. The third kappa shape index (κ3) is 4.12. The van der Waals surface area contributed by atoms with Crippen molar-refractivity contribution >= 4 is 27.4 Å². The van der Waals surface area contributed by atoms with E-state index in [0.29, 0.717) is 16.2 Å². The third-order valence-electron chi connectivity index (χ3n) is 2.41. The molecule has 0 spiro atoms. The zero-order chi connectivity index (χ0) is 14.5. The number of nitrogens with zero attached hydrogens (tertiary/aromatic N) is 2. The standard InChI is InChI=1S/C13H12BrF2N3O/c1-2-11-18-10(14)7-12(19-11)17-8-3-5-9(6-4-8)20-13(15)16/h3-7,13H,2H2,1H3,(H,17,18,19). The lowest BCUT2D eigenvalue weighted by Gasteiger charge is -2.09. The molecule has 0 saturated heterocycles.